The number of hydrogen-bond acceptors (Lipinski definition) is 4. The molecule has 0 saturated carbocycles. The van der Waals surface area contributed by atoms with Gasteiger partial charge in [0.25, 0.3) is 5.91 Å². The number of carbonyl (C=O) groups excluding carboxylic acids is 2. The fourth-order valence-electron chi connectivity index (χ4n) is 3.23. The van der Waals surface area contributed by atoms with Crippen LogP contribution in [-0.4, -0.2) is 48.9 Å². The quantitative estimate of drug-likeness (QED) is 0.875. The van der Waals surface area contributed by atoms with E-state index in [4.69, 9.17) is 11.6 Å². The standard InChI is InChI=1S/C20H23ClN4O2/c1-24(2)18-7-6-15(21)13-17(18)23-19(26)14-8-11-25(12-9-14)20(27)16-5-3-4-10-22-16/h3-7,10,13-14H,8-9,11-12H2,1-2H3,(H,23,26). The largest absolute Gasteiger partial charge is 0.376 e. The summed E-state index contributed by atoms with van der Waals surface area (Å²) in [6, 6.07) is 10.7. The summed E-state index contributed by atoms with van der Waals surface area (Å²) in [4.78, 5) is 33.0. The molecular formula is C20H23ClN4O2. The summed E-state index contributed by atoms with van der Waals surface area (Å²) in [5.41, 5.74) is 2.04. The van der Waals surface area contributed by atoms with Gasteiger partial charge in [-0.25, -0.2) is 0 Å². The van der Waals surface area contributed by atoms with Crippen LogP contribution < -0.4 is 10.2 Å². The van der Waals surface area contributed by atoms with Gasteiger partial charge in [-0.3, -0.25) is 14.6 Å². The highest BCUT2D eigenvalue weighted by Gasteiger charge is 2.28. The highest BCUT2D eigenvalue weighted by molar-refractivity contribution is 6.31. The Morgan fingerprint density at radius 3 is 2.56 bits per heavy atom. The molecule has 27 heavy (non-hydrogen) atoms. The lowest BCUT2D eigenvalue weighted by Crippen LogP contribution is -2.41. The van der Waals surface area contributed by atoms with Gasteiger partial charge in [0.05, 0.1) is 11.4 Å². The summed E-state index contributed by atoms with van der Waals surface area (Å²) in [6.45, 7) is 1.09. The Labute approximate surface area is 164 Å². The number of benzene rings is 1. The molecule has 2 amide bonds. The molecule has 1 fully saturated rings. The van der Waals surface area contributed by atoms with Gasteiger partial charge in [-0.15, -0.1) is 0 Å². The number of nitrogens with zero attached hydrogens (tertiary/aromatic N) is 3. The molecule has 1 N–H and O–H groups in total. The van der Waals surface area contributed by atoms with Crippen LogP contribution in [-0.2, 0) is 4.79 Å². The second kappa shape index (κ2) is 8.39. The van der Waals surface area contributed by atoms with E-state index in [2.05, 4.69) is 10.3 Å². The van der Waals surface area contributed by atoms with Crippen molar-refractivity contribution in [1.82, 2.24) is 9.88 Å². The Kier molecular flexibility index (Phi) is 5.96. The third-order valence-electron chi connectivity index (χ3n) is 4.74. The van der Waals surface area contributed by atoms with Crippen LogP contribution in [0.15, 0.2) is 42.6 Å². The minimum atomic E-state index is -0.133. The van der Waals surface area contributed by atoms with Gasteiger partial charge >= 0.3 is 0 Å². The zero-order chi connectivity index (χ0) is 19.4. The van der Waals surface area contributed by atoms with Crippen molar-refractivity contribution < 1.29 is 9.59 Å². The Balaban J connectivity index is 1.61. The van der Waals surface area contributed by atoms with Gasteiger partial charge < -0.3 is 15.1 Å². The maximum absolute atomic E-state index is 12.7. The van der Waals surface area contributed by atoms with Crippen molar-refractivity contribution in [1.29, 1.82) is 0 Å². The van der Waals surface area contributed by atoms with Crippen LogP contribution in [0.2, 0.25) is 5.02 Å². The first kappa shape index (κ1) is 19.2. The third-order valence-corrected chi connectivity index (χ3v) is 4.97. The van der Waals surface area contributed by atoms with E-state index in [-0.39, 0.29) is 17.7 Å². The van der Waals surface area contributed by atoms with E-state index in [1.165, 1.54) is 0 Å². The maximum atomic E-state index is 12.7. The van der Waals surface area contributed by atoms with E-state index in [1.807, 2.05) is 25.1 Å². The monoisotopic (exact) mass is 386 g/mol. The van der Waals surface area contributed by atoms with Gasteiger partial charge in [0.1, 0.15) is 5.69 Å². The van der Waals surface area contributed by atoms with Crippen LogP contribution in [0.1, 0.15) is 23.3 Å². The highest BCUT2D eigenvalue weighted by Crippen LogP contribution is 2.29. The number of anilines is 2. The van der Waals surface area contributed by atoms with E-state index in [9.17, 15) is 9.59 Å². The van der Waals surface area contributed by atoms with Gasteiger partial charge in [-0.05, 0) is 43.2 Å². The molecule has 142 valence electrons. The van der Waals surface area contributed by atoms with Crippen molar-refractivity contribution in [2.75, 3.05) is 37.4 Å². The average molecular weight is 387 g/mol. The van der Waals surface area contributed by atoms with E-state index in [0.29, 0.717) is 42.3 Å². The minimum Gasteiger partial charge on any atom is -0.376 e. The molecule has 0 aliphatic carbocycles. The molecule has 0 radical (unpaired) electrons. The van der Waals surface area contributed by atoms with E-state index in [0.717, 1.165) is 5.69 Å². The lowest BCUT2D eigenvalue weighted by Gasteiger charge is -2.31. The first-order valence-electron chi connectivity index (χ1n) is 8.94. The zero-order valence-electron chi connectivity index (χ0n) is 15.5. The second-order valence-corrected chi connectivity index (χ2v) is 7.26. The number of piperidine rings is 1. The molecule has 6 nitrogen and oxygen atoms in total. The Morgan fingerprint density at radius 1 is 1.19 bits per heavy atom. The van der Waals surface area contributed by atoms with Gasteiger partial charge in [0, 0.05) is 44.3 Å². The van der Waals surface area contributed by atoms with Crippen LogP contribution in [0.3, 0.4) is 0 Å². The van der Waals surface area contributed by atoms with Crippen LogP contribution in [0.5, 0.6) is 0 Å². The van der Waals surface area contributed by atoms with E-state index in [1.54, 1.807) is 41.4 Å². The van der Waals surface area contributed by atoms with Gasteiger partial charge in [-0.2, -0.15) is 0 Å². The molecule has 1 aromatic carbocycles. The molecule has 1 aromatic heterocycles. The number of carbonyl (C=O) groups is 2. The summed E-state index contributed by atoms with van der Waals surface area (Å²) in [5.74, 6) is -0.253. The molecule has 0 atom stereocenters. The molecule has 1 saturated heterocycles. The summed E-state index contributed by atoms with van der Waals surface area (Å²) < 4.78 is 0. The Morgan fingerprint density at radius 2 is 1.93 bits per heavy atom. The number of halogens is 1. The van der Waals surface area contributed by atoms with Crippen LogP contribution >= 0.6 is 11.6 Å². The number of amides is 2. The summed E-state index contributed by atoms with van der Waals surface area (Å²) in [6.07, 6.45) is 2.87. The lowest BCUT2D eigenvalue weighted by atomic mass is 9.95. The third kappa shape index (κ3) is 4.57. The predicted octanol–water partition coefficient (Wildman–Crippen LogP) is 3.29. The summed E-state index contributed by atoms with van der Waals surface area (Å²) in [5, 5.41) is 3.57. The van der Waals surface area contributed by atoms with Crippen LogP contribution in [0, 0.1) is 5.92 Å². The van der Waals surface area contributed by atoms with Gasteiger partial charge in [0.2, 0.25) is 5.91 Å². The fraction of sp³-hybridized carbons (Fsp3) is 0.350. The number of nitrogens with one attached hydrogen (secondary N) is 1. The topological polar surface area (TPSA) is 65.5 Å². The Hall–Kier alpha value is -2.60. The molecule has 0 unspecified atom stereocenters. The molecule has 3 rings (SSSR count). The van der Waals surface area contributed by atoms with Gasteiger partial charge in [-0.1, -0.05) is 17.7 Å². The smallest absolute Gasteiger partial charge is 0.272 e. The minimum absolute atomic E-state index is 0.0368. The summed E-state index contributed by atoms with van der Waals surface area (Å²) >= 11 is 6.08. The van der Waals surface area contributed by atoms with Gasteiger partial charge in [0.15, 0.2) is 0 Å². The number of aromatic nitrogens is 1. The normalized spacial score (nSPS) is 14.7. The molecule has 2 aromatic rings. The fourth-order valence-corrected chi connectivity index (χ4v) is 3.40. The van der Waals surface area contributed by atoms with Crippen molar-refractivity contribution in [2.24, 2.45) is 5.92 Å². The van der Waals surface area contributed by atoms with Crippen molar-refractivity contribution >= 4 is 34.8 Å². The first-order chi connectivity index (χ1) is 13.0. The Bertz CT molecular complexity index is 818. The molecule has 7 heteroatoms. The molecule has 0 bridgehead atoms. The lowest BCUT2D eigenvalue weighted by molar-refractivity contribution is -0.121. The second-order valence-electron chi connectivity index (χ2n) is 6.83. The molecule has 1 aliphatic rings. The van der Waals surface area contributed by atoms with Crippen molar-refractivity contribution in [3.8, 4) is 0 Å². The van der Waals surface area contributed by atoms with Crippen molar-refractivity contribution in [2.45, 2.75) is 12.8 Å². The first-order valence-corrected chi connectivity index (χ1v) is 9.31. The molecular weight excluding hydrogens is 364 g/mol. The average Bonchev–Trinajstić information content (AvgIpc) is 2.68. The van der Waals surface area contributed by atoms with Crippen LogP contribution in [0.4, 0.5) is 11.4 Å². The SMILES string of the molecule is CN(C)c1ccc(Cl)cc1NC(=O)C1CCN(C(=O)c2ccccn2)CC1. The maximum Gasteiger partial charge on any atom is 0.272 e. The number of rotatable bonds is 4. The summed E-state index contributed by atoms with van der Waals surface area (Å²) in [7, 11) is 3.83. The number of hydrogen-bond donors (Lipinski definition) is 1. The highest BCUT2D eigenvalue weighted by atomic mass is 35.5. The molecule has 2 heterocycles. The van der Waals surface area contributed by atoms with Crippen molar-refractivity contribution in [3.05, 3.63) is 53.3 Å². The zero-order valence-corrected chi connectivity index (χ0v) is 16.2. The van der Waals surface area contributed by atoms with E-state index < -0.39 is 0 Å². The number of pyridine rings is 1. The molecule has 1 aliphatic heterocycles. The predicted molar refractivity (Wildman–Crippen MR) is 107 cm³/mol. The molecule has 0 spiro atoms. The van der Waals surface area contributed by atoms with E-state index >= 15 is 0 Å². The van der Waals surface area contributed by atoms with Crippen molar-refractivity contribution in [3.63, 3.8) is 0 Å². The van der Waals surface area contributed by atoms with Crippen LogP contribution in [0.25, 0.3) is 0 Å². The number of likely N-dealkylation sites (tertiary alicyclic amines) is 1.